The van der Waals surface area contributed by atoms with Crippen molar-refractivity contribution in [1.29, 1.82) is 0 Å². The van der Waals surface area contributed by atoms with Crippen molar-refractivity contribution >= 4 is 5.97 Å². The van der Waals surface area contributed by atoms with Gasteiger partial charge in [-0.25, -0.2) is 0 Å². The zero-order valence-electron chi connectivity index (χ0n) is 6.89. The minimum atomic E-state index is -0.462. The molecule has 0 radical (unpaired) electrons. The zero-order valence-corrected chi connectivity index (χ0v) is 6.89. The van der Waals surface area contributed by atoms with Crippen molar-refractivity contribution < 1.29 is 9.53 Å². The van der Waals surface area contributed by atoms with Crippen LogP contribution in [0.3, 0.4) is 0 Å². The minimum Gasteiger partial charge on any atom is -0.468 e. The summed E-state index contributed by atoms with van der Waals surface area (Å²) < 4.78 is 4.65. The van der Waals surface area contributed by atoms with E-state index >= 15 is 0 Å². The summed E-state index contributed by atoms with van der Waals surface area (Å²) in [6, 6.07) is 0. The van der Waals surface area contributed by atoms with Crippen molar-refractivity contribution in [1.82, 2.24) is 5.32 Å². The number of esters is 1. The highest BCUT2D eigenvalue weighted by Gasteiger charge is 2.58. The minimum absolute atomic E-state index is 0.190. The van der Waals surface area contributed by atoms with Crippen LogP contribution in [-0.2, 0) is 9.53 Å². The fraction of sp³-hybridized carbons (Fsp3) is 0.625. The molecule has 0 heterocycles. The van der Waals surface area contributed by atoms with Crippen LogP contribution in [0.1, 0.15) is 6.42 Å². The van der Waals surface area contributed by atoms with Gasteiger partial charge in [0.25, 0.3) is 0 Å². The second kappa shape index (κ2) is 2.66. The number of nitrogens with one attached hydrogen (secondary N) is 1. The predicted molar refractivity (Wildman–Crippen MR) is 42.1 cm³/mol. The van der Waals surface area contributed by atoms with Gasteiger partial charge >= 0.3 is 5.97 Å². The fourth-order valence-electron chi connectivity index (χ4n) is 1.38. The summed E-state index contributed by atoms with van der Waals surface area (Å²) in [6.07, 6.45) is 2.59. The number of carbonyl (C=O) groups excluding carboxylic acids is 1. The molecule has 0 aromatic carbocycles. The Morgan fingerprint density at radius 1 is 1.91 bits per heavy atom. The van der Waals surface area contributed by atoms with Gasteiger partial charge in [-0.2, -0.15) is 0 Å². The first-order valence-electron chi connectivity index (χ1n) is 3.61. The van der Waals surface area contributed by atoms with E-state index in [1.54, 1.807) is 13.1 Å². The molecule has 0 aliphatic heterocycles. The number of carbonyl (C=O) groups is 1. The van der Waals surface area contributed by atoms with Crippen molar-refractivity contribution in [2.75, 3.05) is 14.2 Å². The van der Waals surface area contributed by atoms with Gasteiger partial charge in [-0.3, -0.25) is 4.79 Å². The molecule has 0 bridgehead atoms. The molecular formula is C8H13NO2. The lowest BCUT2D eigenvalue weighted by molar-refractivity contribution is -0.144. The van der Waals surface area contributed by atoms with Crippen molar-refractivity contribution in [3.63, 3.8) is 0 Å². The maximum Gasteiger partial charge on any atom is 0.326 e. The van der Waals surface area contributed by atoms with Crippen molar-refractivity contribution in [3.8, 4) is 0 Å². The van der Waals surface area contributed by atoms with E-state index in [9.17, 15) is 4.79 Å². The summed E-state index contributed by atoms with van der Waals surface area (Å²) in [6.45, 7) is 3.63. The number of rotatable bonds is 3. The zero-order chi connectivity index (χ0) is 8.48. The molecule has 1 aliphatic carbocycles. The molecule has 3 heteroatoms. The number of methoxy groups -OCH3 is 1. The van der Waals surface area contributed by atoms with Crippen LogP contribution in [-0.4, -0.2) is 25.7 Å². The topological polar surface area (TPSA) is 38.3 Å². The summed E-state index contributed by atoms with van der Waals surface area (Å²) >= 11 is 0. The third-order valence-corrected chi connectivity index (χ3v) is 2.30. The molecule has 0 aromatic rings. The van der Waals surface area contributed by atoms with E-state index in [0.29, 0.717) is 0 Å². The molecule has 0 saturated heterocycles. The molecule has 1 fully saturated rings. The Balaban J connectivity index is 2.66. The molecule has 1 N–H and O–H groups in total. The Labute approximate surface area is 66.4 Å². The van der Waals surface area contributed by atoms with Crippen LogP contribution >= 0.6 is 0 Å². The quantitative estimate of drug-likeness (QED) is 0.471. The lowest BCUT2D eigenvalue weighted by Crippen LogP contribution is -2.39. The Kier molecular flexibility index (Phi) is 2.00. The first-order valence-corrected chi connectivity index (χ1v) is 3.61. The van der Waals surface area contributed by atoms with Gasteiger partial charge in [0.1, 0.15) is 5.54 Å². The largest absolute Gasteiger partial charge is 0.468 e. The number of hydrogen-bond donors (Lipinski definition) is 1. The Bertz CT molecular complexity index is 191. The first-order chi connectivity index (χ1) is 5.21. The van der Waals surface area contributed by atoms with E-state index < -0.39 is 5.54 Å². The lowest BCUT2D eigenvalue weighted by Gasteiger charge is -2.11. The number of ether oxygens (including phenoxy) is 1. The molecule has 0 spiro atoms. The summed E-state index contributed by atoms with van der Waals surface area (Å²) in [4.78, 5) is 11.2. The average molecular weight is 155 g/mol. The highest BCUT2D eigenvalue weighted by atomic mass is 16.5. The Morgan fingerprint density at radius 3 is 2.82 bits per heavy atom. The predicted octanol–water partition coefficient (Wildman–Crippen LogP) is 0.323. The smallest absolute Gasteiger partial charge is 0.326 e. The highest BCUT2D eigenvalue weighted by Crippen LogP contribution is 2.44. The molecule has 3 nitrogen and oxygen atoms in total. The molecule has 0 amide bonds. The number of likely N-dealkylation sites (N-methyl/N-ethyl adjacent to an activating group) is 1. The van der Waals surface area contributed by atoms with Crippen LogP contribution in [0.15, 0.2) is 12.7 Å². The van der Waals surface area contributed by atoms with Gasteiger partial charge < -0.3 is 10.1 Å². The Hall–Kier alpha value is -0.830. The van der Waals surface area contributed by atoms with Crippen molar-refractivity contribution in [3.05, 3.63) is 12.7 Å². The van der Waals surface area contributed by atoms with Gasteiger partial charge in [0.15, 0.2) is 0 Å². The summed E-state index contributed by atoms with van der Waals surface area (Å²) in [5.74, 6) is 0.0462. The van der Waals surface area contributed by atoms with Gasteiger partial charge in [0.2, 0.25) is 0 Å². The monoisotopic (exact) mass is 155 g/mol. The second-order valence-corrected chi connectivity index (χ2v) is 2.76. The third-order valence-electron chi connectivity index (χ3n) is 2.30. The molecule has 62 valence electrons. The van der Waals surface area contributed by atoms with Crippen molar-refractivity contribution in [2.24, 2.45) is 5.92 Å². The fourth-order valence-corrected chi connectivity index (χ4v) is 1.38. The lowest BCUT2D eigenvalue weighted by atomic mass is 10.2. The molecule has 0 aromatic heterocycles. The van der Waals surface area contributed by atoms with E-state index in [1.807, 2.05) is 0 Å². The molecule has 0 unspecified atom stereocenters. The molecular weight excluding hydrogens is 142 g/mol. The van der Waals surface area contributed by atoms with Gasteiger partial charge in [0.05, 0.1) is 7.11 Å². The van der Waals surface area contributed by atoms with Crippen LogP contribution in [0, 0.1) is 5.92 Å². The van der Waals surface area contributed by atoms with Gasteiger partial charge in [-0.05, 0) is 13.5 Å². The average Bonchev–Trinajstić information content (AvgIpc) is 2.78. The second-order valence-electron chi connectivity index (χ2n) is 2.76. The standard InChI is InChI=1S/C8H13NO2/c1-4-6-5-8(6,9-2)7(10)11-3/h4,6,9H,1,5H2,2-3H3/t6-,8-/m0/s1. The van der Waals surface area contributed by atoms with Crippen LogP contribution in [0.2, 0.25) is 0 Å². The van der Waals surface area contributed by atoms with E-state index in [0.717, 1.165) is 6.42 Å². The van der Waals surface area contributed by atoms with Crippen LogP contribution in [0.25, 0.3) is 0 Å². The van der Waals surface area contributed by atoms with E-state index in [2.05, 4.69) is 16.6 Å². The van der Waals surface area contributed by atoms with E-state index in [-0.39, 0.29) is 11.9 Å². The molecule has 2 atom stereocenters. The van der Waals surface area contributed by atoms with E-state index in [4.69, 9.17) is 0 Å². The summed E-state index contributed by atoms with van der Waals surface area (Å²) in [7, 11) is 3.17. The van der Waals surface area contributed by atoms with Crippen LogP contribution in [0.5, 0.6) is 0 Å². The van der Waals surface area contributed by atoms with E-state index in [1.165, 1.54) is 7.11 Å². The van der Waals surface area contributed by atoms with Crippen LogP contribution < -0.4 is 5.32 Å². The van der Waals surface area contributed by atoms with Crippen LogP contribution in [0.4, 0.5) is 0 Å². The molecule has 1 aliphatic rings. The molecule has 1 saturated carbocycles. The maximum absolute atomic E-state index is 11.2. The van der Waals surface area contributed by atoms with Gasteiger partial charge in [0, 0.05) is 5.92 Å². The molecule has 11 heavy (non-hydrogen) atoms. The number of hydrogen-bond acceptors (Lipinski definition) is 3. The Morgan fingerprint density at radius 2 is 2.55 bits per heavy atom. The van der Waals surface area contributed by atoms with Gasteiger partial charge in [-0.15, -0.1) is 6.58 Å². The highest BCUT2D eigenvalue weighted by molar-refractivity contribution is 5.85. The summed E-state index contributed by atoms with van der Waals surface area (Å²) in [5.41, 5.74) is -0.462. The normalized spacial score (nSPS) is 34.5. The van der Waals surface area contributed by atoms with Gasteiger partial charge in [-0.1, -0.05) is 6.08 Å². The molecule has 1 rings (SSSR count). The maximum atomic E-state index is 11.2. The van der Waals surface area contributed by atoms with Crippen molar-refractivity contribution in [2.45, 2.75) is 12.0 Å². The summed E-state index contributed by atoms with van der Waals surface area (Å²) in [5, 5.41) is 2.96. The first kappa shape index (κ1) is 8.27. The third kappa shape index (κ3) is 1.05. The SMILES string of the molecule is C=C[C@H]1C[C@@]1(NC)C(=O)OC.